The van der Waals surface area contributed by atoms with Crippen LogP contribution in [0.2, 0.25) is 0 Å². The van der Waals surface area contributed by atoms with Gasteiger partial charge in [-0.25, -0.2) is 4.79 Å². The first kappa shape index (κ1) is 27.3. The molecule has 7 heteroatoms. The number of aromatic carboxylic acids is 1. The van der Waals surface area contributed by atoms with Crippen LogP contribution in [0.25, 0.3) is 0 Å². The Balaban J connectivity index is 1.14. The molecule has 4 bridgehead atoms. The van der Waals surface area contributed by atoms with Gasteiger partial charge in [0.1, 0.15) is 0 Å². The van der Waals surface area contributed by atoms with E-state index in [1.54, 1.807) is 19.2 Å². The number of nitrogens with one attached hydrogen (secondary N) is 2. The van der Waals surface area contributed by atoms with Crippen molar-refractivity contribution in [3.63, 3.8) is 0 Å². The summed E-state index contributed by atoms with van der Waals surface area (Å²) in [6.45, 7) is 0.317. The zero-order chi connectivity index (χ0) is 28.6. The summed E-state index contributed by atoms with van der Waals surface area (Å²) in [5.74, 6) is 1.57. The minimum Gasteiger partial charge on any atom is -0.478 e. The molecule has 4 fully saturated rings. The van der Waals surface area contributed by atoms with Crippen LogP contribution in [0.3, 0.4) is 0 Å². The Bertz CT molecular complexity index is 1380. The molecule has 3 aromatic rings. The molecular formula is C34H39N3O4. The van der Waals surface area contributed by atoms with Crippen LogP contribution < -0.4 is 15.5 Å². The third-order valence-corrected chi connectivity index (χ3v) is 9.51. The van der Waals surface area contributed by atoms with Gasteiger partial charge in [0.05, 0.1) is 24.3 Å². The molecule has 1 amide bonds. The van der Waals surface area contributed by atoms with E-state index in [0.29, 0.717) is 23.4 Å². The molecule has 0 radical (unpaired) electrons. The molecule has 3 N–H and O–H groups in total. The summed E-state index contributed by atoms with van der Waals surface area (Å²) < 4.78 is 4.95. The summed E-state index contributed by atoms with van der Waals surface area (Å²) in [6, 6.07) is 21.9. The fraction of sp³-hybridized carbons (Fsp3) is 0.412. The highest BCUT2D eigenvalue weighted by Crippen LogP contribution is 2.60. The number of carboxylic acids is 1. The van der Waals surface area contributed by atoms with Gasteiger partial charge in [-0.05, 0) is 122 Å². The lowest BCUT2D eigenvalue weighted by Crippen LogP contribution is -2.48. The number of ether oxygens (including phenoxy) is 1. The monoisotopic (exact) mass is 553 g/mol. The number of rotatable bonds is 10. The van der Waals surface area contributed by atoms with Gasteiger partial charge in [0.25, 0.3) is 0 Å². The van der Waals surface area contributed by atoms with Gasteiger partial charge in [-0.15, -0.1) is 0 Å². The van der Waals surface area contributed by atoms with E-state index in [9.17, 15) is 14.7 Å². The molecule has 7 rings (SSSR count). The van der Waals surface area contributed by atoms with Crippen molar-refractivity contribution in [1.29, 1.82) is 0 Å². The fourth-order valence-corrected chi connectivity index (χ4v) is 7.91. The minimum absolute atomic E-state index is 0.125. The molecule has 0 aromatic heterocycles. The van der Waals surface area contributed by atoms with Crippen LogP contribution >= 0.6 is 0 Å². The molecule has 41 heavy (non-hydrogen) atoms. The molecule has 3 aromatic carbocycles. The maximum atomic E-state index is 12.1. The number of methoxy groups -OCH3 is 1. The number of benzene rings is 3. The zero-order valence-electron chi connectivity index (χ0n) is 23.9. The zero-order valence-corrected chi connectivity index (χ0v) is 23.9. The second-order valence-corrected chi connectivity index (χ2v) is 12.3. The average molecular weight is 554 g/mol. The molecule has 0 unspecified atom stereocenters. The molecule has 7 nitrogen and oxygen atoms in total. The Kier molecular flexibility index (Phi) is 7.47. The van der Waals surface area contributed by atoms with E-state index in [1.807, 2.05) is 24.3 Å². The van der Waals surface area contributed by atoms with Crippen molar-refractivity contribution < 1.29 is 19.4 Å². The van der Waals surface area contributed by atoms with Crippen LogP contribution in [0.15, 0.2) is 66.7 Å². The van der Waals surface area contributed by atoms with Gasteiger partial charge in [-0.2, -0.15) is 0 Å². The van der Waals surface area contributed by atoms with Gasteiger partial charge in [0.2, 0.25) is 5.91 Å². The smallest absolute Gasteiger partial charge is 0.337 e. The number of carboxylic acid groups (broad SMARTS) is 1. The average Bonchev–Trinajstić information content (AvgIpc) is 2.95. The highest BCUT2D eigenvalue weighted by molar-refractivity contribution is 5.98. The summed E-state index contributed by atoms with van der Waals surface area (Å²) in [5.41, 5.74) is 5.91. The first-order valence-corrected chi connectivity index (χ1v) is 14.7. The SMILES string of the molecule is COCCC(=O)Nc1ccc(C(=O)O)c(Nc2ccc(N(C)c3ccc(C45CC6CC(CC(C6)C4)C5)cc3)cc2)c1. The number of hydrogen-bond donors (Lipinski definition) is 3. The lowest BCUT2D eigenvalue weighted by Gasteiger charge is -2.57. The molecule has 0 heterocycles. The predicted molar refractivity (Wildman–Crippen MR) is 163 cm³/mol. The van der Waals surface area contributed by atoms with Crippen LogP contribution in [0.5, 0.6) is 0 Å². The van der Waals surface area contributed by atoms with E-state index >= 15 is 0 Å². The van der Waals surface area contributed by atoms with Crippen LogP contribution in [0, 0.1) is 17.8 Å². The topological polar surface area (TPSA) is 90.9 Å². The van der Waals surface area contributed by atoms with Crippen molar-refractivity contribution >= 4 is 40.3 Å². The molecule has 0 atom stereocenters. The van der Waals surface area contributed by atoms with Crippen molar-refractivity contribution in [1.82, 2.24) is 0 Å². The Morgan fingerprint density at radius 2 is 1.44 bits per heavy atom. The largest absolute Gasteiger partial charge is 0.478 e. The van der Waals surface area contributed by atoms with E-state index in [0.717, 1.165) is 34.8 Å². The Morgan fingerprint density at radius 3 is 2.00 bits per heavy atom. The lowest BCUT2D eigenvalue weighted by molar-refractivity contribution is -0.117. The first-order chi connectivity index (χ1) is 19.8. The molecular weight excluding hydrogens is 514 g/mol. The maximum Gasteiger partial charge on any atom is 0.337 e. The number of anilines is 5. The predicted octanol–water partition coefficient (Wildman–Crippen LogP) is 7.34. The molecule has 214 valence electrons. The number of carbonyl (C=O) groups is 2. The normalized spacial score (nSPS) is 24.2. The van der Waals surface area contributed by atoms with Gasteiger partial charge in [-0.3, -0.25) is 4.79 Å². The van der Waals surface area contributed by atoms with Crippen molar-refractivity contribution in [2.24, 2.45) is 17.8 Å². The molecule has 0 aliphatic heterocycles. The first-order valence-electron chi connectivity index (χ1n) is 14.7. The highest BCUT2D eigenvalue weighted by Gasteiger charge is 2.51. The second kappa shape index (κ2) is 11.2. The fourth-order valence-electron chi connectivity index (χ4n) is 7.91. The quantitative estimate of drug-likeness (QED) is 0.243. The Labute approximate surface area is 241 Å². The van der Waals surface area contributed by atoms with E-state index in [4.69, 9.17) is 4.74 Å². The summed E-state index contributed by atoms with van der Waals surface area (Å²) in [5, 5.41) is 15.7. The molecule has 4 aliphatic carbocycles. The second-order valence-electron chi connectivity index (χ2n) is 12.3. The number of amides is 1. The van der Waals surface area contributed by atoms with Crippen molar-refractivity contribution in [3.05, 3.63) is 77.9 Å². The van der Waals surface area contributed by atoms with E-state index in [2.05, 4.69) is 46.8 Å². The third kappa shape index (κ3) is 5.68. The van der Waals surface area contributed by atoms with Crippen LogP contribution in [-0.4, -0.2) is 37.7 Å². The summed E-state index contributed by atoms with van der Waals surface area (Å²) in [4.78, 5) is 26.1. The maximum absolute atomic E-state index is 12.1. The van der Waals surface area contributed by atoms with Crippen molar-refractivity contribution in [2.45, 2.75) is 50.4 Å². The summed E-state index contributed by atoms with van der Waals surface area (Å²) >= 11 is 0. The van der Waals surface area contributed by atoms with Gasteiger partial charge in [0, 0.05) is 36.9 Å². The molecule has 4 aliphatic rings. The van der Waals surface area contributed by atoms with Crippen LogP contribution in [0.4, 0.5) is 28.4 Å². The summed E-state index contributed by atoms with van der Waals surface area (Å²) in [7, 11) is 3.61. The standard InChI is InChI=1S/C34H39N3O4/c1-37(28-8-3-25(4-9-28)34-19-22-15-23(20-34)17-24(16-22)21-34)29-10-5-26(6-11-29)35-31-18-27(7-12-30(31)33(39)40)36-32(38)13-14-41-2/h3-12,18,22-24,35H,13-17,19-21H2,1-2H3,(H,36,38)(H,39,40). The Morgan fingerprint density at radius 1 is 0.878 bits per heavy atom. The van der Waals surface area contributed by atoms with E-state index in [-0.39, 0.29) is 17.9 Å². The van der Waals surface area contributed by atoms with Gasteiger partial charge < -0.3 is 25.4 Å². The number of nitrogens with zero attached hydrogens (tertiary/aromatic N) is 1. The van der Waals surface area contributed by atoms with E-state index in [1.165, 1.54) is 50.2 Å². The molecule has 0 spiro atoms. The van der Waals surface area contributed by atoms with Crippen LogP contribution in [0.1, 0.15) is 60.9 Å². The van der Waals surface area contributed by atoms with Crippen LogP contribution in [-0.2, 0) is 14.9 Å². The van der Waals surface area contributed by atoms with Crippen molar-refractivity contribution in [3.8, 4) is 0 Å². The van der Waals surface area contributed by atoms with E-state index < -0.39 is 5.97 Å². The van der Waals surface area contributed by atoms with Gasteiger partial charge in [0.15, 0.2) is 0 Å². The Hall–Kier alpha value is -3.84. The van der Waals surface area contributed by atoms with Gasteiger partial charge in [-0.1, -0.05) is 12.1 Å². The number of hydrogen-bond acceptors (Lipinski definition) is 5. The third-order valence-electron chi connectivity index (χ3n) is 9.51. The molecule has 4 saturated carbocycles. The van der Waals surface area contributed by atoms with Gasteiger partial charge >= 0.3 is 5.97 Å². The summed E-state index contributed by atoms with van der Waals surface area (Å²) in [6.07, 6.45) is 8.71. The van der Waals surface area contributed by atoms with Crippen molar-refractivity contribution in [2.75, 3.05) is 36.3 Å². The highest BCUT2D eigenvalue weighted by atomic mass is 16.5. The number of carbonyl (C=O) groups excluding carboxylic acids is 1. The lowest BCUT2D eigenvalue weighted by atomic mass is 9.48. The minimum atomic E-state index is -1.04. The molecule has 0 saturated heterocycles.